The number of ether oxygens (including phenoxy) is 4. The molecule has 0 aliphatic carbocycles. The van der Waals surface area contributed by atoms with Gasteiger partial charge < -0.3 is 45.5 Å². The number of aliphatic hydroxyl groups is 2. The Morgan fingerprint density at radius 2 is 1.70 bits per heavy atom. The van der Waals surface area contributed by atoms with Crippen molar-refractivity contribution < 1.29 is 29.2 Å². The molecule has 3 aliphatic heterocycles. The highest BCUT2D eigenvalue weighted by Crippen LogP contribution is 2.31. The second-order valence-electron chi connectivity index (χ2n) is 9.60. The molecule has 2 saturated heterocycles. The molecular weight excluding hydrogens is 671 g/mol. The highest BCUT2D eigenvalue weighted by Gasteiger charge is 2.40. The third-order valence-electron chi connectivity index (χ3n) is 6.62. The van der Waals surface area contributed by atoms with Gasteiger partial charge in [0, 0.05) is 31.7 Å². The van der Waals surface area contributed by atoms with E-state index in [2.05, 4.69) is 41.6 Å². The summed E-state index contributed by atoms with van der Waals surface area (Å²) in [6.45, 7) is 13.6. The minimum absolute atomic E-state index is 0.115. The predicted molar refractivity (Wildman–Crippen MR) is 170 cm³/mol. The zero-order valence-electron chi connectivity index (χ0n) is 24.1. The van der Waals surface area contributed by atoms with Crippen LogP contribution in [-0.2, 0) is 18.9 Å². The number of aliphatic hydroxyl groups excluding tert-OH is 2. The van der Waals surface area contributed by atoms with E-state index in [1.807, 2.05) is 29.5 Å². The van der Waals surface area contributed by atoms with Crippen molar-refractivity contribution in [3.8, 4) is 11.8 Å². The summed E-state index contributed by atoms with van der Waals surface area (Å²) in [6, 6.07) is 0. The number of hydrogen-bond donors (Lipinski definition) is 4. The molecule has 6 N–H and O–H groups in total. The predicted octanol–water partition coefficient (Wildman–Crippen LogP) is 1.39. The van der Waals surface area contributed by atoms with Crippen molar-refractivity contribution >= 4 is 34.2 Å². The first-order valence-corrected chi connectivity index (χ1v) is 14.8. The standard InChI is InChI=1S/C17H23N3O3.C12H16IN3O4/c1-4-6-7-13-10-20(12(3)19-17(13)18)16-9-14(22-8-5-2)15(11-21)23-16;1-2-3-19-8-4-10(20-9(8)6-17)16-5-7(13)11(14)15-12(16)18/h5,10,14-16,21H,2-4,8-9,11H2,1H3,(H2,18,19);2,5,8-10,17H,1,3-4,6H2,(H2,14,15,18). The molecule has 0 bridgehead atoms. The Hall–Kier alpha value is -3.04. The van der Waals surface area contributed by atoms with Crippen LogP contribution in [0, 0.1) is 15.4 Å². The van der Waals surface area contributed by atoms with Gasteiger partial charge in [-0.3, -0.25) is 4.57 Å². The Balaban J connectivity index is 0.000000238. The summed E-state index contributed by atoms with van der Waals surface area (Å²) in [4.78, 5) is 21.6. The van der Waals surface area contributed by atoms with Gasteiger partial charge >= 0.3 is 5.69 Å². The lowest BCUT2D eigenvalue weighted by Gasteiger charge is -2.29. The van der Waals surface area contributed by atoms with E-state index < -0.39 is 24.1 Å². The van der Waals surface area contributed by atoms with E-state index in [1.54, 1.807) is 29.4 Å². The number of aromatic nitrogens is 2. The van der Waals surface area contributed by atoms with E-state index in [0.29, 0.717) is 46.9 Å². The van der Waals surface area contributed by atoms with E-state index in [0.717, 1.165) is 6.42 Å². The fourth-order valence-corrected chi connectivity index (χ4v) is 4.96. The van der Waals surface area contributed by atoms with Crippen molar-refractivity contribution in [2.24, 2.45) is 10.7 Å². The third-order valence-corrected chi connectivity index (χ3v) is 7.45. The van der Waals surface area contributed by atoms with Gasteiger partial charge in [0.25, 0.3) is 0 Å². The Bertz CT molecular complexity index is 1340. The zero-order valence-corrected chi connectivity index (χ0v) is 26.3. The molecule has 6 unspecified atom stereocenters. The van der Waals surface area contributed by atoms with E-state index in [9.17, 15) is 15.0 Å². The normalized spacial score (nSPS) is 26.5. The molecule has 234 valence electrons. The highest BCUT2D eigenvalue weighted by atomic mass is 127. The summed E-state index contributed by atoms with van der Waals surface area (Å²) in [5, 5.41) is 18.8. The molecule has 0 saturated carbocycles. The van der Waals surface area contributed by atoms with Gasteiger partial charge in [0.05, 0.1) is 47.8 Å². The van der Waals surface area contributed by atoms with Crippen molar-refractivity contribution in [2.75, 3.05) is 32.2 Å². The van der Waals surface area contributed by atoms with Crippen LogP contribution in [0.25, 0.3) is 0 Å². The lowest BCUT2D eigenvalue weighted by atomic mass is 10.1. The topological polar surface area (TPSA) is 180 Å². The van der Waals surface area contributed by atoms with Crippen molar-refractivity contribution in [2.45, 2.75) is 63.1 Å². The number of nitrogens with zero attached hydrogens (tertiary/aromatic N) is 4. The SMILES string of the molecule is C=CCOC1CC(N2C=C(C#CCC)C(N)=NC2=C)OC1CO.C=CCOC1CC(n2cc(I)c(N)nc2=O)OC1CO. The van der Waals surface area contributed by atoms with E-state index >= 15 is 0 Å². The molecule has 0 amide bonds. The second kappa shape index (κ2) is 16.7. The van der Waals surface area contributed by atoms with Crippen LogP contribution in [0.2, 0.25) is 0 Å². The molecule has 13 nitrogen and oxygen atoms in total. The third kappa shape index (κ3) is 8.99. The number of nitrogen functional groups attached to an aromatic ring is 1. The molecule has 6 atom stereocenters. The molecule has 1 aromatic heterocycles. The van der Waals surface area contributed by atoms with Gasteiger partial charge in [-0.15, -0.1) is 13.2 Å². The molecule has 14 heteroatoms. The summed E-state index contributed by atoms with van der Waals surface area (Å²) in [6.07, 6.45) is 6.25. The lowest BCUT2D eigenvalue weighted by molar-refractivity contribution is -0.0660. The molecule has 3 aliphatic rings. The molecule has 0 spiro atoms. The number of halogens is 1. The first-order valence-electron chi connectivity index (χ1n) is 13.7. The van der Waals surface area contributed by atoms with Crippen LogP contribution in [0.4, 0.5) is 5.82 Å². The van der Waals surface area contributed by atoms with Crippen LogP contribution in [-0.4, -0.2) is 87.6 Å². The van der Waals surface area contributed by atoms with Gasteiger partial charge in [-0.05, 0) is 22.6 Å². The Morgan fingerprint density at radius 1 is 1.12 bits per heavy atom. The van der Waals surface area contributed by atoms with E-state index in [1.165, 1.54) is 4.57 Å². The molecule has 1 aromatic rings. The summed E-state index contributed by atoms with van der Waals surface area (Å²) < 4.78 is 24.8. The van der Waals surface area contributed by atoms with E-state index in [4.69, 9.17) is 30.4 Å². The first kappa shape index (κ1) is 34.5. The smallest absolute Gasteiger partial charge is 0.351 e. The second-order valence-corrected chi connectivity index (χ2v) is 10.8. The van der Waals surface area contributed by atoms with Crippen LogP contribution in [0.1, 0.15) is 32.4 Å². The highest BCUT2D eigenvalue weighted by molar-refractivity contribution is 14.1. The van der Waals surface area contributed by atoms with Crippen molar-refractivity contribution in [1.82, 2.24) is 14.5 Å². The maximum atomic E-state index is 11.9. The Kier molecular flexibility index (Phi) is 13.4. The number of amidine groups is 1. The summed E-state index contributed by atoms with van der Waals surface area (Å²) >= 11 is 2.00. The molecule has 2 fully saturated rings. The van der Waals surface area contributed by atoms with Gasteiger partial charge in [0.2, 0.25) is 0 Å². The monoisotopic (exact) mass is 710 g/mol. The largest absolute Gasteiger partial charge is 0.394 e. The fourth-order valence-electron chi connectivity index (χ4n) is 4.53. The van der Waals surface area contributed by atoms with Crippen molar-refractivity contribution in [3.05, 3.63) is 69.7 Å². The van der Waals surface area contributed by atoms with Gasteiger partial charge in [-0.2, -0.15) is 4.98 Å². The number of hydrogen-bond acceptors (Lipinski definition) is 12. The molecule has 4 heterocycles. The first-order chi connectivity index (χ1) is 20.7. The van der Waals surface area contributed by atoms with E-state index in [-0.39, 0.29) is 37.5 Å². The molecule has 0 radical (unpaired) electrons. The van der Waals surface area contributed by atoms with Gasteiger partial charge in [0.15, 0.2) is 0 Å². The average molecular weight is 711 g/mol. The molecular formula is C29H39IN6O7. The fraction of sp³-hybridized carbons (Fsp3) is 0.483. The van der Waals surface area contributed by atoms with Gasteiger partial charge in [-0.25, -0.2) is 9.79 Å². The van der Waals surface area contributed by atoms with Crippen molar-refractivity contribution in [3.63, 3.8) is 0 Å². The molecule has 4 rings (SSSR count). The summed E-state index contributed by atoms with van der Waals surface area (Å²) in [5.74, 6) is 7.00. The maximum absolute atomic E-state index is 11.9. The van der Waals surface area contributed by atoms with Crippen LogP contribution in [0.3, 0.4) is 0 Å². The molecule has 43 heavy (non-hydrogen) atoms. The minimum Gasteiger partial charge on any atom is -0.394 e. The number of rotatable bonds is 10. The van der Waals surface area contributed by atoms with Crippen LogP contribution in [0.15, 0.2) is 65.5 Å². The average Bonchev–Trinajstić information content (AvgIpc) is 3.60. The number of nitrogens with two attached hydrogens (primary N) is 2. The summed E-state index contributed by atoms with van der Waals surface area (Å²) in [5.41, 5.74) is 11.6. The van der Waals surface area contributed by atoms with Crippen LogP contribution < -0.4 is 17.2 Å². The number of anilines is 1. The Labute approximate surface area is 264 Å². The zero-order chi connectivity index (χ0) is 31.5. The maximum Gasteiger partial charge on any atom is 0.351 e. The van der Waals surface area contributed by atoms with Crippen LogP contribution >= 0.6 is 22.6 Å². The lowest BCUT2D eigenvalue weighted by Crippen LogP contribution is -2.34. The van der Waals surface area contributed by atoms with Gasteiger partial charge in [-0.1, -0.05) is 37.5 Å². The Morgan fingerprint density at radius 3 is 2.26 bits per heavy atom. The van der Waals surface area contributed by atoms with Crippen molar-refractivity contribution in [1.29, 1.82) is 0 Å². The summed E-state index contributed by atoms with van der Waals surface area (Å²) in [7, 11) is 0. The minimum atomic E-state index is -0.518. The number of aliphatic imine (C=N–C) groups is 1. The quantitative estimate of drug-likeness (QED) is 0.157. The van der Waals surface area contributed by atoms with Crippen LogP contribution in [0.5, 0.6) is 0 Å². The molecule has 0 aromatic carbocycles. The van der Waals surface area contributed by atoms with Gasteiger partial charge in [0.1, 0.15) is 42.1 Å².